The third-order valence-corrected chi connectivity index (χ3v) is 5.19. The van der Waals surface area contributed by atoms with Crippen molar-refractivity contribution in [2.75, 3.05) is 0 Å². The largest absolute Gasteiger partial charge is 0.456 e. The highest BCUT2D eigenvalue weighted by molar-refractivity contribution is 6.31. The molecule has 0 bridgehead atoms. The van der Waals surface area contributed by atoms with E-state index in [-0.39, 0.29) is 5.78 Å². The maximum Gasteiger partial charge on any atom is 0.193 e. The molecule has 0 saturated heterocycles. The van der Waals surface area contributed by atoms with Gasteiger partial charge in [-0.15, -0.1) is 0 Å². The summed E-state index contributed by atoms with van der Waals surface area (Å²) in [5.74, 6) is 0.00712. The Balaban J connectivity index is 1.66. The highest BCUT2D eigenvalue weighted by atomic mass is 35.5. The van der Waals surface area contributed by atoms with Crippen LogP contribution in [0.25, 0.3) is 33.1 Å². The number of carbonyl (C=O) groups is 1. The molecule has 1 heterocycles. The minimum Gasteiger partial charge on any atom is -0.456 e. The second kappa shape index (κ2) is 6.66. The number of benzene rings is 4. The summed E-state index contributed by atoms with van der Waals surface area (Å²) in [7, 11) is 0. The molecule has 5 rings (SSSR count). The molecule has 0 aliphatic carbocycles. The van der Waals surface area contributed by atoms with Gasteiger partial charge in [0.15, 0.2) is 5.78 Å². The Morgan fingerprint density at radius 1 is 0.714 bits per heavy atom. The number of hydrogen-bond donors (Lipinski definition) is 0. The Labute approximate surface area is 167 Å². The average molecular weight is 383 g/mol. The van der Waals surface area contributed by atoms with E-state index in [1.54, 1.807) is 0 Å². The van der Waals surface area contributed by atoms with Crippen LogP contribution in [0.2, 0.25) is 5.02 Å². The number of ketones is 1. The zero-order chi connectivity index (χ0) is 19.1. The molecular formula is C25H15ClO2. The van der Waals surface area contributed by atoms with Crippen LogP contribution in [0, 0.1) is 0 Å². The molecule has 4 aromatic carbocycles. The van der Waals surface area contributed by atoms with E-state index in [9.17, 15) is 4.79 Å². The lowest BCUT2D eigenvalue weighted by molar-refractivity contribution is 0.103. The van der Waals surface area contributed by atoms with Gasteiger partial charge in [0.1, 0.15) is 11.2 Å². The van der Waals surface area contributed by atoms with Gasteiger partial charge in [0.2, 0.25) is 0 Å². The molecule has 0 radical (unpaired) electrons. The molecule has 28 heavy (non-hydrogen) atoms. The van der Waals surface area contributed by atoms with Gasteiger partial charge in [-0.05, 0) is 35.4 Å². The fourth-order valence-electron chi connectivity index (χ4n) is 3.60. The predicted octanol–water partition coefficient (Wildman–Crippen LogP) is 7.14. The Morgan fingerprint density at radius 2 is 1.39 bits per heavy atom. The third-order valence-electron chi connectivity index (χ3n) is 4.95. The summed E-state index contributed by atoms with van der Waals surface area (Å²) in [6.45, 7) is 0. The van der Waals surface area contributed by atoms with Crippen LogP contribution < -0.4 is 0 Å². The first-order chi connectivity index (χ1) is 13.7. The first-order valence-electron chi connectivity index (χ1n) is 9.02. The van der Waals surface area contributed by atoms with Crippen molar-refractivity contribution in [1.29, 1.82) is 0 Å². The van der Waals surface area contributed by atoms with Gasteiger partial charge in [0.05, 0.1) is 0 Å². The first kappa shape index (κ1) is 16.8. The van der Waals surface area contributed by atoms with E-state index in [0.29, 0.717) is 16.1 Å². The monoisotopic (exact) mass is 382 g/mol. The van der Waals surface area contributed by atoms with Crippen LogP contribution in [0.15, 0.2) is 95.4 Å². The van der Waals surface area contributed by atoms with E-state index in [0.717, 1.165) is 33.1 Å². The first-order valence-corrected chi connectivity index (χ1v) is 9.39. The van der Waals surface area contributed by atoms with Gasteiger partial charge in [-0.25, -0.2) is 0 Å². The molecule has 0 spiro atoms. The lowest BCUT2D eigenvalue weighted by Crippen LogP contribution is -2.03. The van der Waals surface area contributed by atoms with Crippen molar-refractivity contribution >= 4 is 39.3 Å². The van der Waals surface area contributed by atoms with Crippen LogP contribution >= 0.6 is 11.6 Å². The Hall–Kier alpha value is -3.36. The normalized spacial score (nSPS) is 11.2. The van der Waals surface area contributed by atoms with Crippen LogP contribution in [0.5, 0.6) is 0 Å². The molecule has 0 N–H and O–H groups in total. The molecule has 0 unspecified atom stereocenters. The lowest BCUT2D eigenvalue weighted by Gasteiger charge is -2.09. The number of halogens is 1. The number of fused-ring (bicyclic) bond motifs is 3. The van der Waals surface area contributed by atoms with E-state index < -0.39 is 0 Å². The summed E-state index contributed by atoms with van der Waals surface area (Å²) in [5.41, 5.74) is 4.71. The van der Waals surface area contributed by atoms with E-state index >= 15 is 0 Å². The zero-order valence-electron chi connectivity index (χ0n) is 14.9. The number of carbonyl (C=O) groups excluding carboxylic acids is 1. The molecule has 5 aromatic rings. The van der Waals surface area contributed by atoms with Crippen molar-refractivity contribution < 1.29 is 9.21 Å². The van der Waals surface area contributed by atoms with Crippen LogP contribution in [0.3, 0.4) is 0 Å². The summed E-state index contributed by atoms with van der Waals surface area (Å²) < 4.78 is 6.01. The van der Waals surface area contributed by atoms with E-state index in [1.165, 1.54) is 0 Å². The van der Waals surface area contributed by atoms with Crippen LogP contribution in [0.4, 0.5) is 0 Å². The van der Waals surface area contributed by atoms with Crippen LogP contribution in [-0.2, 0) is 0 Å². The SMILES string of the molecule is O=C(c1ccccc1)c1ccccc1-c1ccc2c(c1)oc1cc(Cl)ccc12. The summed E-state index contributed by atoms with van der Waals surface area (Å²) in [6.07, 6.45) is 0. The number of rotatable bonds is 3. The average Bonchev–Trinajstić information content (AvgIpc) is 3.10. The molecule has 134 valence electrons. The quantitative estimate of drug-likeness (QED) is 0.310. The second-order valence-electron chi connectivity index (χ2n) is 6.69. The highest BCUT2D eigenvalue weighted by Gasteiger charge is 2.15. The molecule has 0 atom stereocenters. The minimum absolute atomic E-state index is 0.00712. The summed E-state index contributed by atoms with van der Waals surface area (Å²) >= 11 is 6.09. The van der Waals surface area contributed by atoms with E-state index in [1.807, 2.05) is 91.0 Å². The Bertz CT molecular complexity index is 1330. The smallest absolute Gasteiger partial charge is 0.193 e. The van der Waals surface area contributed by atoms with Crippen molar-refractivity contribution in [2.45, 2.75) is 0 Å². The van der Waals surface area contributed by atoms with Gasteiger partial charge in [0, 0.05) is 33.0 Å². The third kappa shape index (κ3) is 2.79. The fourth-order valence-corrected chi connectivity index (χ4v) is 3.76. The molecule has 0 aliphatic rings. The zero-order valence-corrected chi connectivity index (χ0v) is 15.6. The van der Waals surface area contributed by atoms with Crippen molar-refractivity contribution in [3.63, 3.8) is 0 Å². The van der Waals surface area contributed by atoms with Gasteiger partial charge >= 0.3 is 0 Å². The molecule has 0 aliphatic heterocycles. The Kier molecular flexibility index (Phi) is 4.00. The molecule has 0 saturated carbocycles. The van der Waals surface area contributed by atoms with Crippen molar-refractivity contribution in [3.05, 3.63) is 107 Å². The van der Waals surface area contributed by atoms with Gasteiger partial charge in [0.25, 0.3) is 0 Å². The summed E-state index contributed by atoms with van der Waals surface area (Å²) in [4.78, 5) is 13.0. The molecule has 0 fully saturated rings. The maximum absolute atomic E-state index is 13.0. The highest BCUT2D eigenvalue weighted by Crippen LogP contribution is 2.34. The van der Waals surface area contributed by atoms with E-state index in [2.05, 4.69) is 0 Å². The Morgan fingerprint density at radius 3 is 2.21 bits per heavy atom. The standard InChI is InChI=1S/C25H15ClO2/c26-18-11-13-21-20-12-10-17(14-23(20)28-24(21)15-18)19-8-4-5-9-22(19)25(27)16-6-2-1-3-7-16/h1-15H. The lowest BCUT2D eigenvalue weighted by atomic mass is 9.93. The topological polar surface area (TPSA) is 30.2 Å². The van der Waals surface area contributed by atoms with Gasteiger partial charge < -0.3 is 4.42 Å². The summed E-state index contributed by atoms with van der Waals surface area (Å²) in [5, 5.41) is 2.70. The predicted molar refractivity (Wildman–Crippen MR) is 114 cm³/mol. The maximum atomic E-state index is 13.0. The van der Waals surface area contributed by atoms with Crippen molar-refractivity contribution in [3.8, 4) is 11.1 Å². The van der Waals surface area contributed by atoms with E-state index in [4.69, 9.17) is 16.0 Å². The van der Waals surface area contributed by atoms with Crippen molar-refractivity contribution in [2.24, 2.45) is 0 Å². The summed E-state index contributed by atoms with van der Waals surface area (Å²) in [6, 6.07) is 28.7. The minimum atomic E-state index is 0.00712. The second-order valence-corrected chi connectivity index (χ2v) is 7.13. The van der Waals surface area contributed by atoms with Crippen LogP contribution in [0.1, 0.15) is 15.9 Å². The number of furan rings is 1. The molecule has 1 aromatic heterocycles. The number of hydrogen-bond acceptors (Lipinski definition) is 2. The van der Waals surface area contributed by atoms with Crippen molar-refractivity contribution in [1.82, 2.24) is 0 Å². The van der Waals surface area contributed by atoms with Crippen LogP contribution in [-0.4, -0.2) is 5.78 Å². The van der Waals surface area contributed by atoms with Gasteiger partial charge in [-0.2, -0.15) is 0 Å². The van der Waals surface area contributed by atoms with Gasteiger partial charge in [-0.1, -0.05) is 72.3 Å². The van der Waals surface area contributed by atoms with Gasteiger partial charge in [-0.3, -0.25) is 4.79 Å². The molecule has 0 amide bonds. The fraction of sp³-hybridized carbons (Fsp3) is 0. The molecular weight excluding hydrogens is 368 g/mol. The molecule has 3 heteroatoms. The molecule has 2 nitrogen and oxygen atoms in total.